The van der Waals surface area contributed by atoms with E-state index in [1.54, 1.807) is 12.1 Å². The molecule has 1 amide bonds. The summed E-state index contributed by atoms with van der Waals surface area (Å²) in [5.74, 6) is 0.0205. The molecule has 0 radical (unpaired) electrons. The number of H-pyrrole nitrogens is 1. The first-order chi connectivity index (χ1) is 8.20. The van der Waals surface area contributed by atoms with Crippen LogP contribution in [0.1, 0.15) is 10.4 Å². The van der Waals surface area contributed by atoms with Gasteiger partial charge >= 0.3 is 0 Å². The number of amides is 1. The molecular weight excluding hydrogens is 222 g/mol. The number of hydrogen-bond donors (Lipinski definition) is 3. The van der Waals surface area contributed by atoms with Gasteiger partial charge in [0.2, 0.25) is 0 Å². The number of aromatic hydroxyl groups is 1. The molecule has 88 valence electrons. The van der Waals surface area contributed by atoms with Gasteiger partial charge in [0.25, 0.3) is 5.91 Å². The Morgan fingerprint density at radius 2 is 2.35 bits per heavy atom. The first-order valence-corrected chi connectivity index (χ1v) is 4.88. The highest BCUT2D eigenvalue weighted by Gasteiger charge is 2.08. The largest absolute Gasteiger partial charge is 0.504 e. The highest BCUT2D eigenvalue weighted by molar-refractivity contribution is 6.04. The molecule has 0 fully saturated rings. The van der Waals surface area contributed by atoms with Crippen molar-refractivity contribution in [1.29, 1.82) is 0 Å². The van der Waals surface area contributed by atoms with Crippen LogP contribution in [0.5, 0.6) is 11.5 Å². The number of benzene rings is 1. The summed E-state index contributed by atoms with van der Waals surface area (Å²) in [5.41, 5.74) is 0.898. The average molecular weight is 233 g/mol. The summed E-state index contributed by atoms with van der Waals surface area (Å²) in [4.78, 5) is 11.7. The smallest absolute Gasteiger partial charge is 0.258 e. The van der Waals surface area contributed by atoms with E-state index in [0.717, 1.165) is 0 Å². The van der Waals surface area contributed by atoms with Gasteiger partial charge in [-0.2, -0.15) is 5.10 Å². The topological polar surface area (TPSA) is 87.2 Å². The molecule has 0 saturated carbocycles. The second-order valence-corrected chi connectivity index (χ2v) is 3.33. The fourth-order valence-electron chi connectivity index (χ4n) is 1.35. The van der Waals surface area contributed by atoms with Crippen LogP contribution >= 0.6 is 0 Å². The molecule has 3 N–H and O–H groups in total. The maximum absolute atomic E-state index is 11.7. The minimum atomic E-state index is -0.302. The zero-order valence-electron chi connectivity index (χ0n) is 9.10. The van der Waals surface area contributed by atoms with Crippen molar-refractivity contribution in [2.24, 2.45) is 0 Å². The number of phenols is 1. The zero-order chi connectivity index (χ0) is 12.3. The van der Waals surface area contributed by atoms with Crippen molar-refractivity contribution >= 4 is 11.6 Å². The van der Waals surface area contributed by atoms with E-state index in [1.165, 1.54) is 25.6 Å². The third kappa shape index (κ3) is 2.36. The standard InChI is InChI=1S/C11H11N3O3/c1-17-10-3-2-8(4-9(10)15)14-11(16)7-5-12-13-6-7/h2-6,15H,1H3,(H,12,13)(H,14,16). The normalized spacial score (nSPS) is 9.94. The number of aromatic amines is 1. The van der Waals surface area contributed by atoms with E-state index in [-0.39, 0.29) is 11.7 Å². The molecule has 0 aliphatic rings. The van der Waals surface area contributed by atoms with Gasteiger partial charge in [0.05, 0.1) is 18.9 Å². The molecule has 6 nitrogen and oxygen atoms in total. The number of rotatable bonds is 3. The molecule has 0 aliphatic carbocycles. The molecule has 1 aromatic heterocycles. The minimum Gasteiger partial charge on any atom is -0.504 e. The summed E-state index contributed by atoms with van der Waals surface area (Å²) >= 11 is 0. The number of carbonyl (C=O) groups excluding carboxylic acids is 1. The summed E-state index contributed by atoms with van der Waals surface area (Å²) < 4.78 is 4.90. The molecule has 0 atom stereocenters. The lowest BCUT2D eigenvalue weighted by atomic mass is 10.2. The highest BCUT2D eigenvalue weighted by Crippen LogP contribution is 2.28. The van der Waals surface area contributed by atoms with E-state index < -0.39 is 0 Å². The first-order valence-electron chi connectivity index (χ1n) is 4.88. The van der Waals surface area contributed by atoms with E-state index >= 15 is 0 Å². The Morgan fingerprint density at radius 3 is 2.94 bits per heavy atom. The number of carbonyl (C=O) groups is 1. The Labute approximate surface area is 97.2 Å². The van der Waals surface area contributed by atoms with Gasteiger partial charge in [-0.25, -0.2) is 0 Å². The van der Waals surface area contributed by atoms with Crippen molar-refractivity contribution in [3.8, 4) is 11.5 Å². The van der Waals surface area contributed by atoms with Gasteiger partial charge in [-0.3, -0.25) is 9.89 Å². The summed E-state index contributed by atoms with van der Waals surface area (Å²) in [5, 5.41) is 18.4. The average Bonchev–Trinajstić information content (AvgIpc) is 2.82. The van der Waals surface area contributed by atoms with E-state index in [2.05, 4.69) is 15.5 Å². The second kappa shape index (κ2) is 4.56. The number of phenolic OH excluding ortho intramolecular Hbond substituents is 1. The Morgan fingerprint density at radius 1 is 1.53 bits per heavy atom. The van der Waals surface area contributed by atoms with Crippen LogP contribution in [0, 0.1) is 0 Å². The molecule has 17 heavy (non-hydrogen) atoms. The number of nitrogens with one attached hydrogen (secondary N) is 2. The third-order valence-corrected chi connectivity index (χ3v) is 2.20. The van der Waals surface area contributed by atoms with Crippen molar-refractivity contribution in [3.63, 3.8) is 0 Å². The quantitative estimate of drug-likeness (QED) is 0.747. The predicted molar refractivity (Wildman–Crippen MR) is 61.2 cm³/mol. The van der Waals surface area contributed by atoms with E-state index in [1.807, 2.05) is 0 Å². The van der Waals surface area contributed by atoms with Crippen molar-refractivity contribution in [3.05, 3.63) is 36.2 Å². The molecule has 1 heterocycles. The van der Waals surface area contributed by atoms with E-state index in [4.69, 9.17) is 4.74 Å². The van der Waals surface area contributed by atoms with Crippen LogP contribution in [0.15, 0.2) is 30.6 Å². The van der Waals surface area contributed by atoms with Crippen LogP contribution in [-0.2, 0) is 0 Å². The van der Waals surface area contributed by atoms with E-state index in [9.17, 15) is 9.90 Å². The Balaban J connectivity index is 2.14. The number of methoxy groups -OCH3 is 1. The summed E-state index contributed by atoms with van der Waals surface area (Å²) in [6.45, 7) is 0. The molecule has 0 saturated heterocycles. The number of ether oxygens (including phenoxy) is 1. The van der Waals surface area contributed by atoms with Gasteiger partial charge in [-0.05, 0) is 12.1 Å². The maximum Gasteiger partial charge on any atom is 0.258 e. The third-order valence-electron chi connectivity index (χ3n) is 2.20. The summed E-state index contributed by atoms with van der Waals surface area (Å²) in [6.07, 6.45) is 2.90. The molecule has 2 rings (SSSR count). The predicted octanol–water partition coefficient (Wildman–Crippen LogP) is 1.38. The molecule has 2 aromatic rings. The van der Waals surface area contributed by atoms with Crippen LogP contribution < -0.4 is 10.1 Å². The van der Waals surface area contributed by atoms with Crippen LogP contribution in [0.4, 0.5) is 5.69 Å². The Hall–Kier alpha value is -2.50. The molecule has 0 bridgehead atoms. The van der Waals surface area contributed by atoms with Crippen LogP contribution in [0.2, 0.25) is 0 Å². The molecule has 0 aliphatic heterocycles. The molecule has 1 aromatic carbocycles. The first kappa shape index (κ1) is 11.0. The van der Waals surface area contributed by atoms with Crippen LogP contribution in [-0.4, -0.2) is 28.3 Å². The van der Waals surface area contributed by atoms with Crippen molar-refractivity contribution in [2.75, 3.05) is 12.4 Å². The SMILES string of the molecule is COc1ccc(NC(=O)c2cn[nH]c2)cc1O. The maximum atomic E-state index is 11.7. The van der Waals surface area contributed by atoms with Crippen LogP contribution in [0.3, 0.4) is 0 Å². The molecular formula is C11H11N3O3. The minimum absolute atomic E-state index is 0.0301. The molecule has 0 spiro atoms. The van der Waals surface area contributed by atoms with Crippen LogP contribution in [0.25, 0.3) is 0 Å². The lowest BCUT2D eigenvalue weighted by Crippen LogP contribution is -2.10. The lowest BCUT2D eigenvalue weighted by molar-refractivity contribution is 0.102. The monoisotopic (exact) mass is 233 g/mol. The van der Waals surface area contributed by atoms with Gasteiger partial charge in [0.15, 0.2) is 11.5 Å². The molecule has 0 unspecified atom stereocenters. The van der Waals surface area contributed by atoms with Gasteiger partial charge in [0, 0.05) is 18.0 Å². The fourth-order valence-corrected chi connectivity index (χ4v) is 1.35. The summed E-state index contributed by atoms with van der Waals surface area (Å²) in [7, 11) is 1.46. The Kier molecular flexibility index (Phi) is 2.95. The van der Waals surface area contributed by atoms with Crippen molar-refractivity contribution < 1.29 is 14.6 Å². The number of anilines is 1. The Bertz CT molecular complexity index is 523. The number of nitrogens with zero attached hydrogens (tertiary/aromatic N) is 1. The summed E-state index contributed by atoms with van der Waals surface area (Å²) in [6, 6.07) is 4.62. The van der Waals surface area contributed by atoms with E-state index in [0.29, 0.717) is 17.0 Å². The van der Waals surface area contributed by atoms with Gasteiger partial charge < -0.3 is 15.2 Å². The zero-order valence-corrected chi connectivity index (χ0v) is 9.10. The second-order valence-electron chi connectivity index (χ2n) is 3.33. The highest BCUT2D eigenvalue weighted by atomic mass is 16.5. The number of hydrogen-bond acceptors (Lipinski definition) is 4. The van der Waals surface area contributed by atoms with Gasteiger partial charge in [-0.15, -0.1) is 0 Å². The van der Waals surface area contributed by atoms with Gasteiger partial charge in [-0.1, -0.05) is 0 Å². The van der Waals surface area contributed by atoms with Crippen molar-refractivity contribution in [2.45, 2.75) is 0 Å². The molecule has 6 heteroatoms. The van der Waals surface area contributed by atoms with Crippen molar-refractivity contribution in [1.82, 2.24) is 10.2 Å². The lowest BCUT2D eigenvalue weighted by Gasteiger charge is -2.07. The van der Waals surface area contributed by atoms with Gasteiger partial charge in [0.1, 0.15) is 0 Å². The fraction of sp³-hybridized carbons (Fsp3) is 0.0909. The number of aromatic nitrogens is 2.